The average Bonchev–Trinajstić information content (AvgIpc) is 3.10. The number of carboxylic acids is 1. The van der Waals surface area contributed by atoms with Crippen molar-refractivity contribution in [3.8, 4) is 0 Å². The van der Waals surface area contributed by atoms with Gasteiger partial charge in [-0.15, -0.1) is 0 Å². The fourth-order valence-electron chi connectivity index (χ4n) is 4.42. The van der Waals surface area contributed by atoms with Gasteiger partial charge < -0.3 is 14.6 Å². The van der Waals surface area contributed by atoms with Crippen molar-refractivity contribution < 1.29 is 19.4 Å². The number of rotatable bonds is 3. The quantitative estimate of drug-likeness (QED) is 0.925. The summed E-state index contributed by atoms with van der Waals surface area (Å²) in [5.41, 5.74) is 2.07. The van der Waals surface area contributed by atoms with E-state index in [1.54, 1.807) is 0 Å². The Bertz CT molecular complexity index is 671. The third-order valence-electron chi connectivity index (χ3n) is 5.48. The van der Waals surface area contributed by atoms with Crippen LogP contribution in [0.25, 0.3) is 0 Å². The summed E-state index contributed by atoms with van der Waals surface area (Å²) in [4.78, 5) is 12.2. The molecule has 2 aromatic carbocycles. The fourth-order valence-corrected chi connectivity index (χ4v) is 4.42. The molecule has 1 aliphatic heterocycles. The van der Waals surface area contributed by atoms with Gasteiger partial charge in [0.2, 0.25) is 0 Å². The van der Waals surface area contributed by atoms with Crippen molar-refractivity contribution in [2.24, 2.45) is 5.92 Å². The number of hydrogen-bond donors (Lipinski definition) is 1. The van der Waals surface area contributed by atoms with Gasteiger partial charge in [-0.05, 0) is 11.1 Å². The Labute approximate surface area is 147 Å². The predicted molar refractivity (Wildman–Crippen MR) is 93.4 cm³/mol. The normalized spacial score (nSPS) is 28.1. The Hall–Kier alpha value is -2.17. The predicted octanol–water partition coefficient (Wildman–Crippen LogP) is 3.79. The van der Waals surface area contributed by atoms with Gasteiger partial charge in [0.25, 0.3) is 0 Å². The van der Waals surface area contributed by atoms with E-state index >= 15 is 0 Å². The Morgan fingerprint density at radius 2 is 1.28 bits per heavy atom. The maximum Gasteiger partial charge on any atom is 0.307 e. The number of hydrogen-bond acceptors (Lipinski definition) is 3. The first-order valence-electron chi connectivity index (χ1n) is 8.79. The molecule has 2 aromatic rings. The standard InChI is InChI=1S/C21H22O4/c22-20(23)19-17(15-7-3-1-4-8-15)13-21(24-11-12-25-21)14-18(19)16-9-5-2-6-10-16/h1-10,17-19H,11-14H2,(H,22,23)/t17-,18-/m1/s1. The number of aliphatic carboxylic acids is 1. The minimum atomic E-state index is -0.754. The number of carbonyl (C=O) groups is 1. The SMILES string of the molecule is O=C(O)C1[C@@H](c2ccccc2)CC2(C[C@@H]1c1ccccc1)OCCO2. The monoisotopic (exact) mass is 338 g/mol. The minimum Gasteiger partial charge on any atom is -0.481 e. The van der Waals surface area contributed by atoms with E-state index in [4.69, 9.17) is 9.47 Å². The van der Waals surface area contributed by atoms with Gasteiger partial charge in [0, 0.05) is 24.7 Å². The zero-order chi connectivity index (χ0) is 17.3. The average molecular weight is 338 g/mol. The smallest absolute Gasteiger partial charge is 0.307 e. The molecular weight excluding hydrogens is 316 g/mol. The third kappa shape index (κ3) is 3.08. The summed E-state index contributed by atoms with van der Waals surface area (Å²) in [7, 11) is 0. The lowest BCUT2D eigenvalue weighted by molar-refractivity contribution is -0.195. The van der Waals surface area contributed by atoms with Crippen LogP contribution < -0.4 is 0 Å². The molecule has 25 heavy (non-hydrogen) atoms. The number of carboxylic acid groups (broad SMARTS) is 1. The van der Waals surface area contributed by atoms with Gasteiger partial charge in [-0.25, -0.2) is 0 Å². The first-order chi connectivity index (χ1) is 12.2. The van der Waals surface area contributed by atoms with E-state index in [2.05, 4.69) is 0 Å². The van der Waals surface area contributed by atoms with Crippen LogP contribution in [0, 0.1) is 5.92 Å². The Morgan fingerprint density at radius 1 is 0.840 bits per heavy atom. The lowest BCUT2D eigenvalue weighted by Gasteiger charge is -2.44. The third-order valence-corrected chi connectivity index (χ3v) is 5.48. The molecule has 1 saturated heterocycles. The van der Waals surface area contributed by atoms with Crippen molar-refractivity contribution in [2.75, 3.05) is 13.2 Å². The molecule has 0 radical (unpaired) electrons. The number of benzene rings is 2. The Kier molecular flexibility index (Phi) is 4.32. The van der Waals surface area contributed by atoms with E-state index < -0.39 is 17.7 Å². The highest BCUT2D eigenvalue weighted by Crippen LogP contribution is 2.52. The van der Waals surface area contributed by atoms with Crippen LogP contribution in [-0.2, 0) is 14.3 Å². The summed E-state index contributed by atoms with van der Waals surface area (Å²) in [6.45, 7) is 1.14. The van der Waals surface area contributed by atoms with Crippen LogP contribution in [0.5, 0.6) is 0 Å². The highest BCUT2D eigenvalue weighted by atomic mass is 16.7. The fraction of sp³-hybridized carbons (Fsp3) is 0.381. The molecular formula is C21H22O4. The lowest BCUT2D eigenvalue weighted by Crippen LogP contribution is -2.45. The second-order valence-electron chi connectivity index (χ2n) is 6.91. The first-order valence-corrected chi connectivity index (χ1v) is 8.79. The van der Waals surface area contributed by atoms with Gasteiger partial charge in [0.15, 0.2) is 5.79 Å². The molecule has 4 heteroatoms. The van der Waals surface area contributed by atoms with E-state index in [9.17, 15) is 9.90 Å². The summed E-state index contributed by atoms with van der Waals surface area (Å²) in [5, 5.41) is 10.1. The summed E-state index contributed by atoms with van der Waals surface area (Å²) >= 11 is 0. The van der Waals surface area contributed by atoms with Crippen molar-refractivity contribution in [3.05, 3.63) is 71.8 Å². The summed E-state index contributed by atoms with van der Waals surface area (Å²) in [5.74, 6) is -2.21. The zero-order valence-electron chi connectivity index (χ0n) is 14.0. The van der Waals surface area contributed by atoms with Crippen LogP contribution >= 0.6 is 0 Å². The van der Waals surface area contributed by atoms with Gasteiger partial charge in [-0.2, -0.15) is 0 Å². The molecule has 2 aliphatic rings. The van der Waals surface area contributed by atoms with Crippen molar-refractivity contribution >= 4 is 5.97 Å². The molecule has 4 rings (SSSR count). The van der Waals surface area contributed by atoms with Crippen LogP contribution in [0.1, 0.15) is 35.8 Å². The van der Waals surface area contributed by atoms with Crippen LogP contribution in [-0.4, -0.2) is 30.1 Å². The van der Waals surface area contributed by atoms with E-state index in [1.807, 2.05) is 60.7 Å². The summed E-state index contributed by atoms with van der Waals surface area (Å²) in [6, 6.07) is 19.8. The van der Waals surface area contributed by atoms with E-state index in [-0.39, 0.29) is 11.8 Å². The molecule has 1 aliphatic carbocycles. The van der Waals surface area contributed by atoms with Crippen LogP contribution in [0.3, 0.4) is 0 Å². The minimum absolute atomic E-state index is 0.143. The molecule has 0 unspecified atom stereocenters. The van der Waals surface area contributed by atoms with Gasteiger partial charge in [-0.1, -0.05) is 60.7 Å². The first kappa shape index (κ1) is 16.3. The molecule has 1 spiro atoms. The van der Waals surface area contributed by atoms with Crippen molar-refractivity contribution in [1.29, 1.82) is 0 Å². The van der Waals surface area contributed by atoms with Crippen molar-refractivity contribution in [2.45, 2.75) is 30.5 Å². The summed E-state index contributed by atoms with van der Waals surface area (Å²) in [6.07, 6.45) is 1.16. The molecule has 0 amide bonds. The molecule has 1 N–H and O–H groups in total. The van der Waals surface area contributed by atoms with Crippen LogP contribution in [0.15, 0.2) is 60.7 Å². The second-order valence-corrected chi connectivity index (χ2v) is 6.91. The van der Waals surface area contributed by atoms with Crippen molar-refractivity contribution in [1.82, 2.24) is 0 Å². The molecule has 2 fully saturated rings. The maximum absolute atomic E-state index is 12.2. The molecule has 1 heterocycles. The zero-order valence-corrected chi connectivity index (χ0v) is 14.0. The van der Waals surface area contributed by atoms with Crippen LogP contribution in [0.4, 0.5) is 0 Å². The number of ether oxygens (including phenoxy) is 2. The highest BCUT2D eigenvalue weighted by molar-refractivity contribution is 5.73. The van der Waals surface area contributed by atoms with E-state index in [0.29, 0.717) is 26.1 Å². The van der Waals surface area contributed by atoms with Gasteiger partial charge in [0.05, 0.1) is 19.1 Å². The summed E-state index contributed by atoms with van der Waals surface area (Å²) < 4.78 is 12.0. The van der Waals surface area contributed by atoms with E-state index in [1.165, 1.54) is 0 Å². The Morgan fingerprint density at radius 3 is 1.68 bits per heavy atom. The second kappa shape index (κ2) is 6.62. The maximum atomic E-state index is 12.2. The largest absolute Gasteiger partial charge is 0.481 e. The molecule has 1 saturated carbocycles. The molecule has 4 nitrogen and oxygen atoms in total. The Balaban J connectivity index is 1.79. The topological polar surface area (TPSA) is 55.8 Å². The molecule has 130 valence electrons. The molecule has 0 bridgehead atoms. The van der Waals surface area contributed by atoms with Crippen LogP contribution in [0.2, 0.25) is 0 Å². The van der Waals surface area contributed by atoms with Gasteiger partial charge in [-0.3, -0.25) is 4.79 Å². The van der Waals surface area contributed by atoms with Gasteiger partial charge >= 0.3 is 5.97 Å². The lowest BCUT2D eigenvalue weighted by atomic mass is 9.65. The highest BCUT2D eigenvalue weighted by Gasteiger charge is 2.52. The van der Waals surface area contributed by atoms with Crippen molar-refractivity contribution in [3.63, 3.8) is 0 Å². The molecule has 0 aromatic heterocycles. The van der Waals surface area contributed by atoms with Gasteiger partial charge in [0.1, 0.15) is 0 Å². The molecule has 2 atom stereocenters. The van der Waals surface area contributed by atoms with E-state index in [0.717, 1.165) is 11.1 Å².